The molecule has 0 fully saturated rings. The third kappa shape index (κ3) is 8.46. The number of nitrogens with one attached hydrogen (secondary N) is 1. The maximum atomic E-state index is 13.0. The Morgan fingerprint density at radius 3 is 2.23 bits per heavy atom. The summed E-state index contributed by atoms with van der Waals surface area (Å²) in [5, 5.41) is 11.4. The van der Waals surface area contributed by atoms with Gasteiger partial charge in [0.1, 0.15) is 5.82 Å². The van der Waals surface area contributed by atoms with Crippen molar-refractivity contribution in [3.8, 4) is 0 Å². The smallest absolute Gasteiger partial charge is 0.410 e. The van der Waals surface area contributed by atoms with Crippen LogP contribution >= 0.6 is 0 Å². The minimum atomic E-state index is -1.06. The maximum absolute atomic E-state index is 13.0. The molecule has 0 aromatic heterocycles. The van der Waals surface area contributed by atoms with E-state index in [1.807, 2.05) is 13.8 Å². The lowest BCUT2D eigenvalue weighted by Gasteiger charge is -2.18. The number of esters is 1. The third-order valence-electron chi connectivity index (χ3n) is 3.40. The number of hydrogen-bond donors (Lipinski definition) is 2. The first-order chi connectivity index (χ1) is 12.2. The predicted octanol–water partition coefficient (Wildman–Crippen LogP) is 3.05. The molecule has 1 aromatic carbocycles. The Morgan fingerprint density at radius 1 is 1.08 bits per heavy atom. The molecular formula is C18H24FNO6. The fourth-order valence-corrected chi connectivity index (χ4v) is 2.24. The van der Waals surface area contributed by atoms with Crippen molar-refractivity contribution in [2.45, 2.75) is 45.8 Å². The summed E-state index contributed by atoms with van der Waals surface area (Å²) in [6, 6.07) is 5.37. The molecule has 0 spiro atoms. The maximum Gasteiger partial charge on any atom is 0.410 e. The fraction of sp³-hybridized carbons (Fsp3) is 0.500. The summed E-state index contributed by atoms with van der Waals surface area (Å²) < 4.78 is 22.9. The third-order valence-corrected chi connectivity index (χ3v) is 3.40. The molecule has 8 heteroatoms. The number of hydrogen-bond acceptors (Lipinski definition) is 5. The number of halogens is 1. The van der Waals surface area contributed by atoms with Crippen LogP contribution < -0.4 is 5.32 Å². The topological polar surface area (TPSA) is 102 Å². The number of alkyl carbamates (subject to hydrolysis) is 1. The van der Waals surface area contributed by atoms with Gasteiger partial charge in [0.2, 0.25) is 6.29 Å². The van der Waals surface area contributed by atoms with E-state index in [1.165, 1.54) is 31.2 Å². The first-order valence-corrected chi connectivity index (χ1v) is 8.28. The molecule has 1 aromatic rings. The highest BCUT2D eigenvalue weighted by atomic mass is 19.1. The van der Waals surface area contributed by atoms with Crippen LogP contribution in [0, 0.1) is 11.7 Å². The number of carbonyl (C=O) groups is 3. The van der Waals surface area contributed by atoms with Crippen LogP contribution in [-0.4, -0.2) is 36.0 Å². The average molecular weight is 369 g/mol. The Morgan fingerprint density at radius 2 is 1.69 bits per heavy atom. The Kier molecular flexibility index (Phi) is 8.54. The van der Waals surface area contributed by atoms with Crippen LogP contribution in [0.4, 0.5) is 9.18 Å². The van der Waals surface area contributed by atoms with E-state index < -0.39 is 36.1 Å². The summed E-state index contributed by atoms with van der Waals surface area (Å²) in [7, 11) is 0. The molecule has 0 aliphatic rings. The second-order valence-corrected chi connectivity index (χ2v) is 6.29. The van der Waals surface area contributed by atoms with Crippen molar-refractivity contribution < 1.29 is 33.4 Å². The Balaban J connectivity index is 2.54. The Hall–Kier alpha value is -2.64. The fourth-order valence-electron chi connectivity index (χ4n) is 2.24. The molecule has 1 amide bonds. The van der Waals surface area contributed by atoms with Crippen molar-refractivity contribution in [2.75, 3.05) is 6.54 Å². The van der Waals surface area contributed by atoms with Crippen molar-refractivity contribution >= 4 is 18.0 Å². The lowest BCUT2D eigenvalue weighted by atomic mass is 9.96. The van der Waals surface area contributed by atoms with Gasteiger partial charge in [0.25, 0.3) is 0 Å². The molecular weight excluding hydrogens is 345 g/mol. The monoisotopic (exact) mass is 369 g/mol. The molecule has 0 bridgehead atoms. The van der Waals surface area contributed by atoms with Gasteiger partial charge in [-0.15, -0.1) is 0 Å². The highest BCUT2D eigenvalue weighted by Crippen LogP contribution is 2.19. The normalized spacial score (nSPS) is 13.0. The van der Waals surface area contributed by atoms with E-state index in [-0.39, 0.29) is 25.3 Å². The van der Waals surface area contributed by atoms with Crippen molar-refractivity contribution in [2.24, 2.45) is 5.92 Å². The van der Waals surface area contributed by atoms with E-state index in [2.05, 4.69) is 5.32 Å². The van der Waals surface area contributed by atoms with E-state index in [4.69, 9.17) is 14.6 Å². The molecule has 7 nitrogen and oxygen atoms in total. The molecule has 0 unspecified atom stereocenters. The van der Waals surface area contributed by atoms with Crippen molar-refractivity contribution in [1.82, 2.24) is 5.32 Å². The summed E-state index contributed by atoms with van der Waals surface area (Å²) in [6.45, 7) is 5.10. The van der Waals surface area contributed by atoms with E-state index in [9.17, 15) is 18.8 Å². The molecule has 0 heterocycles. The van der Waals surface area contributed by atoms with Crippen LogP contribution in [0.2, 0.25) is 0 Å². The zero-order valence-corrected chi connectivity index (χ0v) is 15.0. The van der Waals surface area contributed by atoms with Gasteiger partial charge in [-0.3, -0.25) is 9.59 Å². The van der Waals surface area contributed by atoms with Gasteiger partial charge in [0, 0.05) is 25.8 Å². The van der Waals surface area contributed by atoms with Gasteiger partial charge in [-0.2, -0.15) is 0 Å². The van der Waals surface area contributed by atoms with Gasteiger partial charge in [0.05, 0.1) is 6.42 Å². The van der Waals surface area contributed by atoms with E-state index >= 15 is 0 Å². The summed E-state index contributed by atoms with van der Waals surface area (Å²) in [5.41, 5.74) is 0.575. The van der Waals surface area contributed by atoms with Gasteiger partial charge >= 0.3 is 18.0 Å². The Labute approximate surface area is 151 Å². The second-order valence-electron chi connectivity index (χ2n) is 6.29. The van der Waals surface area contributed by atoms with Crippen molar-refractivity contribution in [1.29, 1.82) is 0 Å². The number of carbonyl (C=O) groups excluding carboxylic acids is 2. The van der Waals surface area contributed by atoms with E-state index in [0.717, 1.165) is 0 Å². The molecule has 26 heavy (non-hydrogen) atoms. The minimum Gasteiger partial charge on any atom is -0.481 e. The molecule has 2 N–H and O–H groups in total. The van der Waals surface area contributed by atoms with Crippen LogP contribution in [0.25, 0.3) is 0 Å². The molecule has 1 rings (SSSR count). The lowest BCUT2D eigenvalue weighted by molar-refractivity contribution is -0.165. The summed E-state index contributed by atoms with van der Waals surface area (Å²) in [5.74, 6) is -2.40. The summed E-state index contributed by atoms with van der Waals surface area (Å²) in [6.07, 6.45) is -1.94. The van der Waals surface area contributed by atoms with E-state index in [1.54, 1.807) is 0 Å². The van der Waals surface area contributed by atoms with Gasteiger partial charge in [-0.25, -0.2) is 9.18 Å². The van der Waals surface area contributed by atoms with Crippen molar-refractivity contribution in [3.63, 3.8) is 0 Å². The summed E-state index contributed by atoms with van der Waals surface area (Å²) >= 11 is 0. The number of carboxylic acids is 1. The standard InChI is InChI=1S/C18H24FNO6/c1-11(2)8-17(23)25-12(3)26-18(24)20-10-14(9-16(21)22)13-4-6-15(19)7-5-13/h4-7,11-12,14H,8-10H2,1-3H3,(H,20,24)(H,21,22)/t12-,14-/m0/s1. The zero-order chi connectivity index (χ0) is 19.7. The SMILES string of the molecule is CC(C)CC(=O)O[C@H](C)OC(=O)NC[C@H](CC(=O)O)c1ccc(F)cc1. The molecule has 0 saturated carbocycles. The average Bonchev–Trinajstić information content (AvgIpc) is 2.50. The zero-order valence-electron chi connectivity index (χ0n) is 15.0. The molecule has 0 aliphatic carbocycles. The summed E-state index contributed by atoms with van der Waals surface area (Å²) in [4.78, 5) is 34.3. The highest BCUT2D eigenvalue weighted by Gasteiger charge is 2.19. The molecule has 0 aliphatic heterocycles. The molecule has 0 radical (unpaired) electrons. The first kappa shape index (κ1) is 21.4. The molecule has 144 valence electrons. The van der Waals surface area contributed by atoms with Gasteiger partial charge in [-0.05, 0) is 23.6 Å². The predicted molar refractivity (Wildman–Crippen MR) is 90.9 cm³/mol. The van der Waals surface area contributed by atoms with Gasteiger partial charge < -0.3 is 19.9 Å². The quantitative estimate of drug-likeness (QED) is 0.512. The molecule has 0 saturated heterocycles. The van der Waals surface area contributed by atoms with Crippen LogP contribution in [-0.2, 0) is 19.1 Å². The number of carboxylic acid groups (broad SMARTS) is 1. The first-order valence-electron chi connectivity index (χ1n) is 8.28. The number of ether oxygens (including phenoxy) is 2. The van der Waals surface area contributed by atoms with Crippen LogP contribution in [0.1, 0.15) is 45.1 Å². The van der Waals surface area contributed by atoms with Crippen LogP contribution in [0.3, 0.4) is 0 Å². The molecule has 2 atom stereocenters. The minimum absolute atomic E-state index is 0.0244. The number of benzene rings is 1. The Bertz CT molecular complexity index is 617. The van der Waals surface area contributed by atoms with Crippen LogP contribution in [0.5, 0.6) is 0 Å². The largest absolute Gasteiger partial charge is 0.481 e. The van der Waals surface area contributed by atoms with Gasteiger partial charge in [0.15, 0.2) is 0 Å². The highest BCUT2D eigenvalue weighted by molar-refractivity contribution is 5.71. The number of amides is 1. The van der Waals surface area contributed by atoms with Crippen molar-refractivity contribution in [3.05, 3.63) is 35.6 Å². The van der Waals surface area contributed by atoms with Gasteiger partial charge in [-0.1, -0.05) is 26.0 Å². The number of aliphatic carboxylic acids is 1. The lowest BCUT2D eigenvalue weighted by Crippen LogP contribution is -2.33. The second kappa shape index (κ2) is 10.4. The van der Waals surface area contributed by atoms with Crippen LogP contribution in [0.15, 0.2) is 24.3 Å². The van der Waals surface area contributed by atoms with E-state index in [0.29, 0.717) is 5.56 Å². The number of rotatable bonds is 9.